The Morgan fingerprint density at radius 3 is 2.74 bits per heavy atom. The molecule has 1 amide bonds. The first-order valence-corrected chi connectivity index (χ1v) is 6.94. The van der Waals surface area contributed by atoms with Crippen molar-refractivity contribution in [3.8, 4) is 11.3 Å². The number of hydrogen-bond acceptors (Lipinski definition) is 5. The first kappa shape index (κ1) is 15.0. The van der Waals surface area contributed by atoms with E-state index in [4.69, 9.17) is 16.0 Å². The predicted molar refractivity (Wildman–Crippen MR) is 85.0 cm³/mol. The fourth-order valence-electron chi connectivity index (χ4n) is 2.12. The highest BCUT2D eigenvalue weighted by atomic mass is 35.5. The van der Waals surface area contributed by atoms with Crippen molar-refractivity contribution in [3.05, 3.63) is 56.8 Å². The van der Waals surface area contributed by atoms with Gasteiger partial charge in [-0.3, -0.25) is 14.9 Å². The molecule has 0 saturated carbocycles. The molecule has 23 heavy (non-hydrogen) atoms. The molecule has 0 radical (unpaired) electrons. The van der Waals surface area contributed by atoms with Gasteiger partial charge in [0.05, 0.1) is 21.2 Å². The molecule has 7 nitrogen and oxygen atoms in total. The van der Waals surface area contributed by atoms with Gasteiger partial charge in [-0.1, -0.05) is 11.6 Å². The molecule has 1 aromatic carbocycles. The second-order valence-electron chi connectivity index (χ2n) is 4.82. The third-order valence-electron chi connectivity index (χ3n) is 3.30. The van der Waals surface area contributed by atoms with Gasteiger partial charge in [-0.15, -0.1) is 0 Å². The van der Waals surface area contributed by atoms with Gasteiger partial charge in [0, 0.05) is 17.7 Å². The summed E-state index contributed by atoms with van der Waals surface area (Å²) in [5.41, 5.74) is 3.78. The van der Waals surface area contributed by atoms with Crippen molar-refractivity contribution in [1.82, 2.24) is 5.43 Å². The fourth-order valence-corrected chi connectivity index (χ4v) is 2.39. The molecular formula is C15H10ClN3O4. The molecule has 0 atom stereocenters. The summed E-state index contributed by atoms with van der Waals surface area (Å²) in [6, 6.07) is 7.49. The maximum Gasteiger partial charge on any atom is 0.273 e. The van der Waals surface area contributed by atoms with E-state index in [1.165, 1.54) is 18.2 Å². The molecule has 1 N–H and O–H groups in total. The van der Waals surface area contributed by atoms with Crippen molar-refractivity contribution in [3.63, 3.8) is 0 Å². The summed E-state index contributed by atoms with van der Waals surface area (Å²) in [5, 5.41) is 14.8. The molecular weight excluding hydrogens is 322 g/mol. The van der Waals surface area contributed by atoms with E-state index < -0.39 is 4.92 Å². The highest BCUT2D eigenvalue weighted by molar-refractivity contribution is 6.33. The molecule has 2 aromatic rings. The van der Waals surface area contributed by atoms with Crippen molar-refractivity contribution in [1.29, 1.82) is 0 Å². The highest BCUT2D eigenvalue weighted by Crippen LogP contribution is 2.32. The molecule has 0 saturated heterocycles. The van der Waals surface area contributed by atoms with Gasteiger partial charge in [-0.05, 0) is 31.2 Å². The summed E-state index contributed by atoms with van der Waals surface area (Å²) in [5.74, 6) is 0.606. The smallest absolute Gasteiger partial charge is 0.273 e. The molecule has 1 aromatic heterocycles. The summed E-state index contributed by atoms with van der Waals surface area (Å²) in [6.07, 6.45) is 1.57. The molecule has 116 valence electrons. The lowest BCUT2D eigenvalue weighted by Gasteiger charge is -2.00. The molecule has 2 heterocycles. The lowest BCUT2D eigenvalue weighted by atomic mass is 10.1. The molecule has 0 fully saturated rings. The van der Waals surface area contributed by atoms with E-state index in [9.17, 15) is 14.9 Å². The van der Waals surface area contributed by atoms with Crippen LogP contribution in [0.1, 0.15) is 12.7 Å². The Morgan fingerprint density at radius 2 is 2.13 bits per heavy atom. The summed E-state index contributed by atoms with van der Waals surface area (Å²) < 4.78 is 5.64. The van der Waals surface area contributed by atoms with E-state index in [0.29, 0.717) is 28.4 Å². The maximum absolute atomic E-state index is 11.6. The van der Waals surface area contributed by atoms with Crippen LogP contribution in [0.2, 0.25) is 5.02 Å². The Hall–Kier alpha value is -2.93. The molecule has 1 aliphatic rings. The molecule has 0 spiro atoms. The quantitative estimate of drug-likeness (QED) is 0.529. The SMILES string of the molecule is CC1=NNC(=O)/C1=C\c1ccc(-c2ccc([N+](=O)[O-])cc2Cl)o1. The van der Waals surface area contributed by atoms with Crippen molar-refractivity contribution in [2.75, 3.05) is 0 Å². The number of amides is 1. The van der Waals surface area contributed by atoms with Crippen molar-refractivity contribution < 1.29 is 14.1 Å². The average molecular weight is 332 g/mol. The van der Waals surface area contributed by atoms with Crippen molar-refractivity contribution >= 4 is 35.0 Å². The van der Waals surface area contributed by atoms with Crippen LogP contribution in [-0.4, -0.2) is 16.5 Å². The van der Waals surface area contributed by atoms with Gasteiger partial charge in [0.1, 0.15) is 11.5 Å². The van der Waals surface area contributed by atoms with Crippen LogP contribution < -0.4 is 5.43 Å². The van der Waals surface area contributed by atoms with Crippen LogP contribution in [0, 0.1) is 10.1 Å². The zero-order valence-electron chi connectivity index (χ0n) is 11.9. The molecule has 8 heteroatoms. The number of benzene rings is 1. The van der Waals surface area contributed by atoms with Crippen molar-refractivity contribution in [2.45, 2.75) is 6.92 Å². The van der Waals surface area contributed by atoms with E-state index in [-0.39, 0.29) is 16.6 Å². The topological polar surface area (TPSA) is 97.7 Å². The Morgan fingerprint density at radius 1 is 1.35 bits per heavy atom. The number of furan rings is 1. The van der Waals surface area contributed by atoms with Gasteiger partial charge in [0.25, 0.3) is 11.6 Å². The van der Waals surface area contributed by atoms with Crippen LogP contribution in [0.15, 0.2) is 45.4 Å². The normalized spacial score (nSPS) is 15.7. The van der Waals surface area contributed by atoms with Gasteiger partial charge in [-0.25, -0.2) is 5.43 Å². The van der Waals surface area contributed by atoms with E-state index in [1.54, 1.807) is 25.1 Å². The largest absolute Gasteiger partial charge is 0.457 e. The van der Waals surface area contributed by atoms with Gasteiger partial charge in [-0.2, -0.15) is 5.10 Å². The van der Waals surface area contributed by atoms with Crippen LogP contribution in [0.5, 0.6) is 0 Å². The maximum atomic E-state index is 11.6. The van der Waals surface area contributed by atoms with Crippen LogP contribution in [0.4, 0.5) is 5.69 Å². The molecule has 0 unspecified atom stereocenters. The second-order valence-corrected chi connectivity index (χ2v) is 5.23. The fraction of sp³-hybridized carbons (Fsp3) is 0.0667. The number of hydrogen-bond donors (Lipinski definition) is 1. The first-order valence-electron chi connectivity index (χ1n) is 6.56. The lowest BCUT2D eigenvalue weighted by Crippen LogP contribution is -2.12. The number of carbonyl (C=O) groups is 1. The number of nitro groups is 1. The van der Waals surface area contributed by atoms with E-state index in [1.807, 2.05) is 0 Å². The Kier molecular flexibility index (Phi) is 3.71. The number of nitro benzene ring substituents is 1. The van der Waals surface area contributed by atoms with E-state index >= 15 is 0 Å². The summed E-state index contributed by atoms with van der Waals surface area (Å²) in [7, 11) is 0. The molecule has 1 aliphatic heterocycles. The summed E-state index contributed by atoms with van der Waals surface area (Å²) >= 11 is 6.07. The van der Waals surface area contributed by atoms with Gasteiger partial charge >= 0.3 is 0 Å². The minimum Gasteiger partial charge on any atom is -0.457 e. The number of carbonyl (C=O) groups excluding carboxylic acids is 1. The third-order valence-corrected chi connectivity index (χ3v) is 3.61. The number of rotatable bonds is 3. The lowest BCUT2D eigenvalue weighted by molar-refractivity contribution is -0.384. The highest BCUT2D eigenvalue weighted by Gasteiger charge is 2.19. The average Bonchev–Trinajstić information content (AvgIpc) is 3.09. The van der Waals surface area contributed by atoms with Crippen molar-refractivity contribution in [2.24, 2.45) is 5.10 Å². The molecule has 0 aliphatic carbocycles. The minimum atomic E-state index is -0.519. The van der Waals surface area contributed by atoms with E-state index in [0.717, 1.165) is 0 Å². The number of hydrazone groups is 1. The van der Waals surface area contributed by atoms with E-state index in [2.05, 4.69) is 10.5 Å². The number of halogens is 1. The standard InChI is InChI=1S/C15H10ClN3O4/c1-8-12(15(20)18-17-8)7-10-3-5-14(23-10)11-4-2-9(19(21)22)6-13(11)16/h2-7H,1H3,(H,18,20)/b12-7-. The zero-order valence-corrected chi connectivity index (χ0v) is 12.6. The number of non-ortho nitro benzene ring substituents is 1. The summed E-state index contributed by atoms with van der Waals surface area (Å²) in [4.78, 5) is 21.8. The van der Waals surface area contributed by atoms with Crippen LogP contribution >= 0.6 is 11.6 Å². The van der Waals surface area contributed by atoms with Gasteiger partial charge in [0.2, 0.25) is 0 Å². The monoisotopic (exact) mass is 331 g/mol. The second kappa shape index (κ2) is 5.69. The number of nitrogens with one attached hydrogen (secondary N) is 1. The molecule has 3 rings (SSSR count). The van der Waals surface area contributed by atoms with Crippen LogP contribution in [0.25, 0.3) is 17.4 Å². The number of nitrogens with zero attached hydrogens (tertiary/aromatic N) is 2. The van der Waals surface area contributed by atoms with Crippen LogP contribution in [0.3, 0.4) is 0 Å². The molecule has 0 bridgehead atoms. The zero-order chi connectivity index (χ0) is 16.6. The van der Waals surface area contributed by atoms with Crippen LogP contribution in [-0.2, 0) is 4.79 Å². The first-order chi connectivity index (χ1) is 11.0. The predicted octanol–water partition coefficient (Wildman–Crippen LogP) is 3.40. The Bertz CT molecular complexity index is 883. The third kappa shape index (κ3) is 2.86. The Balaban J connectivity index is 1.94. The minimum absolute atomic E-state index is 0.0953. The summed E-state index contributed by atoms with van der Waals surface area (Å²) in [6.45, 7) is 1.71. The Labute approximate surface area is 135 Å². The van der Waals surface area contributed by atoms with Gasteiger partial charge in [0.15, 0.2) is 0 Å². The van der Waals surface area contributed by atoms with Gasteiger partial charge < -0.3 is 4.42 Å².